The minimum atomic E-state index is -1.37. The zero-order valence-electron chi connectivity index (χ0n) is 32.5. The van der Waals surface area contributed by atoms with E-state index in [1.807, 2.05) is 0 Å². The smallest absolute Gasteiger partial charge is 0.436 e. The lowest BCUT2D eigenvalue weighted by Crippen LogP contribution is -2.33. The van der Waals surface area contributed by atoms with Gasteiger partial charge in [-0.15, -0.1) is 10.2 Å². The Labute approximate surface area is 359 Å². The molecule has 0 saturated carbocycles. The first kappa shape index (κ1) is 46.1. The lowest BCUT2D eigenvalue weighted by atomic mass is 10.1. The van der Waals surface area contributed by atoms with Gasteiger partial charge in [-0.25, -0.2) is 28.9 Å². The first-order valence-corrected chi connectivity index (χ1v) is 21.2. The highest BCUT2D eigenvalue weighted by molar-refractivity contribution is 8.76. The van der Waals surface area contributed by atoms with Crippen LogP contribution in [0.15, 0.2) is 71.2 Å². The number of carbonyl (C=O) groups excluding carboxylic acids is 2. The number of ether oxygens (including phenoxy) is 6. The minimum absolute atomic E-state index is 0.0807. The Kier molecular flexibility index (Phi) is 16.4. The van der Waals surface area contributed by atoms with E-state index in [1.54, 1.807) is 70.1 Å². The molecule has 2 saturated heterocycles. The topological polar surface area (TPSA) is 349 Å². The van der Waals surface area contributed by atoms with Gasteiger partial charge in [-0.3, -0.25) is 0 Å². The lowest BCUT2D eigenvalue weighted by molar-refractivity contribution is -0.0588. The SMILES string of the molecule is N/C(=N\C(=O)OCc1ccc(OCCSSCCOc2ccc(COC(=O)/N=C(\N)c3ncn(C4OC(CO)C(O)C4O)n3)cc2)cc1)c1ncn(C2OC(CO)C(O)C2O)n1. The predicted molar refractivity (Wildman–Crippen MR) is 217 cm³/mol. The van der Waals surface area contributed by atoms with Gasteiger partial charge in [0.1, 0.15) is 74.0 Å². The number of aromatic nitrogens is 6. The van der Waals surface area contributed by atoms with Crippen LogP contribution in [0.3, 0.4) is 0 Å². The maximum atomic E-state index is 12.3. The van der Waals surface area contributed by atoms with Crippen molar-refractivity contribution in [3.63, 3.8) is 0 Å². The second kappa shape index (κ2) is 22.1. The summed E-state index contributed by atoms with van der Waals surface area (Å²) >= 11 is 0. The molecule has 10 N–H and O–H groups in total. The van der Waals surface area contributed by atoms with Crippen molar-refractivity contribution in [1.82, 2.24) is 29.5 Å². The summed E-state index contributed by atoms with van der Waals surface area (Å²) in [5.74, 6) is 1.79. The molecule has 2 aromatic heterocycles. The zero-order valence-corrected chi connectivity index (χ0v) is 34.2. The van der Waals surface area contributed by atoms with Crippen LogP contribution in [-0.4, -0.2) is 159 Å². The quantitative estimate of drug-likeness (QED) is 0.0242. The number of aliphatic imine (C=N–C) groups is 2. The molecular weight excluding hydrogens is 861 g/mol. The molecule has 334 valence electrons. The first-order chi connectivity index (χ1) is 29.9. The Hall–Kier alpha value is -5.42. The van der Waals surface area contributed by atoms with Gasteiger partial charge in [0.05, 0.1) is 26.4 Å². The summed E-state index contributed by atoms with van der Waals surface area (Å²) in [5.41, 5.74) is 13.1. The van der Waals surface area contributed by atoms with Gasteiger partial charge in [0.2, 0.25) is 11.6 Å². The van der Waals surface area contributed by atoms with Crippen LogP contribution in [0.25, 0.3) is 0 Å². The molecule has 6 rings (SSSR count). The minimum Gasteiger partial charge on any atom is -0.493 e. The molecule has 0 bridgehead atoms. The van der Waals surface area contributed by atoms with Crippen molar-refractivity contribution in [2.75, 3.05) is 37.9 Å². The van der Waals surface area contributed by atoms with E-state index in [2.05, 4.69) is 30.2 Å². The average Bonchev–Trinajstić information content (AvgIpc) is 4.08. The summed E-state index contributed by atoms with van der Waals surface area (Å²) < 4.78 is 34.9. The van der Waals surface area contributed by atoms with Gasteiger partial charge in [0, 0.05) is 11.5 Å². The van der Waals surface area contributed by atoms with Crippen LogP contribution in [0.4, 0.5) is 9.59 Å². The van der Waals surface area contributed by atoms with Crippen LogP contribution in [0, 0.1) is 0 Å². The Bertz CT molecular complexity index is 1990. The van der Waals surface area contributed by atoms with Gasteiger partial charge in [-0.05, 0) is 35.4 Å². The fourth-order valence-electron chi connectivity index (χ4n) is 5.75. The van der Waals surface area contributed by atoms with Gasteiger partial charge in [0.15, 0.2) is 24.1 Å². The maximum Gasteiger partial charge on any atom is 0.436 e. The first-order valence-electron chi connectivity index (χ1n) is 18.7. The van der Waals surface area contributed by atoms with E-state index in [0.29, 0.717) is 35.8 Å². The Morgan fingerprint density at radius 2 is 1.03 bits per heavy atom. The van der Waals surface area contributed by atoms with Crippen molar-refractivity contribution >= 4 is 45.4 Å². The predicted octanol–water partition coefficient (Wildman–Crippen LogP) is -0.984. The third kappa shape index (κ3) is 12.1. The molecule has 62 heavy (non-hydrogen) atoms. The van der Waals surface area contributed by atoms with Crippen molar-refractivity contribution < 1.29 is 68.6 Å². The molecule has 2 fully saturated rings. The van der Waals surface area contributed by atoms with Crippen molar-refractivity contribution in [1.29, 1.82) is 0 Å². The number of carbonyl (C=O) groups is 2. The van der Waals surface area contributed by atoms with Gasteiger partial charge in [-0.1, -0.05) is 45.9 Å². The van der Waals surface area contributed by atoms with Crippen LogP contribution in [0.2, 0.25) is 0 Å². The Morgan fingerprint density at radius 1 is 0.645 bits per heavy atom. The van der Waals surface area contributed by atoms with Crippen molar-refractivity contribution in [2.45, 2.75) is 62.3 Å². The van der Waals surface area contributed by atoms with E-state index in [4.69, 9.17) is 39.9 Å². The van der Waals surface area contributed by atoms with E-state index in [0.717, 1.165) is 20.9 Å². The normalized spacial score (nSPS) is 24.0. The molecule has 0 spiro atoms. The summed E-state index contributed by atoms with van der Waals surface area (Å²) in [6, 6.07) is 14.0. The number of hydrogen-bond donors (Lipinski definition) is 8. The molecule has 2 aromatic carbocycles. The van der Waals surface area contributed by atoms with E-state index in [9.17, 15) is 40.2 Å². The molecule has 0 aliphatic carbocycles. The third-order valence-corrected chi connectivity index (χ3v) is 11.3. The fraction of sp³-hybridized carbons (Fsp3) is 0.444. The molecule has 2 aliphatic rings. The molecule has 8 atom stereocenters. The lowest BCUT2D eigenvalue weighted by Gasteiger charge is -2.13. The van der Waals surface area contributed by atoms with Gasteiger partial charge in [0.25, 0.3) is 0 Å². The number of aliphatic hydroxyl groups excluding tert-OH is 6. The third-order valence-electron chi connectivity index (χ3n) is 8.98. The molecule has 4 heterocycles. The van der Waals surface area contributed by atoms with E-state index >= 15 is 0 Å². The summed E-state index contributed by atoms with van der Waals surface area (Å²) in [7, 11) is 3.26. The van der Waals surface area contributed by atoms with Crippen LogP contribution in [0.1, 0.15) is 35.2 Å². The second-order valence-corrected chi connectivity index (χ2v) is 16.0. The van der Waals surface area contributed by atoms with Crippen LogP contribution in [0.5, 0.6) is 11.5 Å². The molecular formula is C36H44N10O14S2. The number of nitrogens with zero attached hydrogens (tertiary/aromatic N) is 8. The van der Waals surface area contributed by atoms with Gasteiger partial charge < -0.3 is 70.5 Å². The largest absolute Gasteiger partial charge is 0.493 e. The van der Waals surface area contributed by atoms with Crippen molar-refractivity contribution in [3.05, 3.63) is 84.0 Å². The number of nitrogens with two attached hydrogens (primary N) is 2. The Balaban J connectivity index is 0.803. The number of hydrogen-bond acceptors (Lipinski definition) is 20. The second-order valence-electron chi connectivity index (χ2n) is 13.3. The molecule has 8 unspecified atom stereocenters. The number of amidine groups is 2. The van der Waals surface area contributed by atoms with Gasteiger partial charge in [-0.2, -0.15) is 9.98 Å². The molecule has 4 aromatic rings. The van der Waals surface area contributed by atoms with Crippen LogP contribution >= 0.6 is 21.6 Å². The highest BCUT2D eigenvalue weighted by Gasteiger charge is 2.45. The number of benzene rings is 2. The Morgan fingerprint density at radius 3 is 1.39 bits per heavy atom. The molecule has 26 heteroatoms. The maximum absolute atomic E-state index is 12.3. The zero-order chi connectivity index (χ0) is 44.2. The van der Waals surface area contributed by atoms with Crippen LogP contribution in [-0.2, 0) is 32.2 Å². The number of rotatable bonds is 19. The average molecular weight is 905 g/mol. The van der Waals surface area contributed by atoms with E-state index < -0.39 is 74.5 Å². The van der Waals surface area contributed by atoms with Crippen LogP contribution < -0.4 is 20.9 Å². The summed E-state index contributed by atoms with van der Waals surface area (Å²) in [6.07, 6.45) is -9.19. The van der Waals surface area contributed by atoms with E-state index in [1.165, 1.54) is 12.7 Å². The number of amides is 2. The van der Waals surface area contributed by atoms with E-state index in [-0.39, 0.29) is 36.5 Å². The fourth-order valence-corrected chi connectivity index (χ4v) is 7.40. The summed E-state index contributed by atoms with van der Waals surface area (Å²) in [4.78, 5) is 39.7. The summed E-state index contributed by atoms with van der Waals surface area (Å²) in [5, 5.41) is 66.8. The number of aliphatic hydroxyl groups is 6. The van der Waals surface area contributed by atoms with Gasteiger partial charge >= 0.3 is 12.2 Å². The highest BCUT2D eigenvalue weighted by atomic mass is 33.1. The summed E-state index contributed by atoms with van der Waals surface area (Å²) in [6.45, 7) is -0.245. The monoisotopic (exact) mass is 904 g/mol. The standard InChI is InChI=1S/C36H44N10O14S2/c37-29(31-39-17-45(43-31)33-27(51)25(49)23(13-47)59-33)41-35(53)57-15-19-1-5-21(6-2-19)55-9-11-61-62-12-10-56-22-7-3-20(4-8-22)16-58-36(54)42-30(38)32-40-18-46(44-32)34-28(52)26(50)24(14-48)60-34/h1-8,17-18,23-28,33-34,47-52H,9-16H2,(H2,37,41,53)(H2,38,42,54). The van der Waals surface area contributed by atoms with Crippen molar-refractivity contribution in [2.24, 2.45) is 21.5 Å². The molecule has 2 amide bonds. The molecule has 24 nitrogen and oxygen atoms in total. The molecule has 0 radical (unpaired) electrons. The van der Waals surface area contributed by atoms with Crippen molar-refractivity contribution in [3.8, 4) is 11.5 Å². The highest BCUT2D eigenvalue weighted by Crippen LogP contribution is 2.30. The molecule has 2 aliphatic heterocycles.